The quantitative estimate of drug-likeness (QED) is 0.612. The van der Waals surface area contributed by atoms with Gasteiger partial charge in [-0.2, -0.15) is 0 Å². The van der Waals surface area contributed by atoms with Crippen LogP contribution in [0.25, 0.3) is 0 Å². The number of nitrogen functional groups attached to an aromatic ring is 1. The van der Waals surface area contributed by atoms with Crippen molar-refractivity contribution in [1.82, 2.24) is 0 Å². The van der Waals surface area contributed by atoms with Crippen molar-refractivity contribution in [3.05, 3.63) is 23.8 Å². The first-order chi connectivity index (χ1) is 6.02. The molecule has 13 heavy (non-hydrogen) atoms. The molecule has 0 atom stereocenters. The number of carbonyl (C=O) groups is 1. The van der Waals surface area contributed by atoms with Crippen LogP contribution in [-0.4, -0.2) is 11.4 Å². The molecule has 0 unspecified atom stereocenters. The molecule has 1 aliphatic heterocycles. The van der Waals surface area contributed by atoms with Crippen molar-refractivity contribution in [3.63, 3.8) is 0 Å². The Morgan fingerprint density at radius 2 is 2.08 bits per heavy atom. The fourth-order valence-electron chi connectivity index (χ4n) is 1.47. The van der Waals surface area contributed by atoms with Crippen molar-refractivity contribution in [2.45, 2.75) is 19.4 Å². The summed E-state index contributed by atoms with van der Waals surface area (Å²) in [6.45, 7) is 3.49. The van der Waals surface area contributed by atoms with E-state index in [1.54, 1.807) is 32.0 Å². The van der Waals surface area contributed by atoms with Crippen LogP contribution in [0.2, 0.25) is 0 Å². The molecular formula is C10H11NO2. The molecule has 3 nitrogen and oxygen atoms in total. The Labute approximate surface area is 76.5 Å². The van der Waals surface area contributed by atoms with Crippen molar-refractivity contribution in [1.29, 1.82) is 0 Å². The molecule has 0 saturated heterocycles. The fourth-order valence-corrected chi connectivity index (χ4v) is 1.47. The number of Topliss-reactive ketones (excluding diaryl/α,β-unsaturated/α-hetero) is 1. The third-order valence-electron chi connectivity index (χ3n) is 2.19. The molecule has 0 fully saturated rings. The van der Waals surface area contributed by atoms with Gasteiger partial charge in [0.2, 0.25) is 5.78 Å². The molecule has 1 heterocycles. The van der Waals surface area contributed by atoms with Crippen molar-refractivity contribution in [3.8, 4) is 5.75 Å². The van der Waals surface area contributed by atoms with Gasteiger partial charge in [-0.05, 0) is 26.0 Å². The Morgan fingerprint density at radius 1 is 1.38 bits per heavy atom. The summed E-state index contributed by atoms with van der Waals surface area (Å²) >= 11 is 0. The Kier molecular flexibility index (Phi) is 1.40. The third-order valence-corrected chi connectivity index (χ3v) is 2.19. The highest BCUT2D eigenvalue weighted by atomic mass is 16.5. The van der Waals surface area contributed by atoms with Gasteiger partial charge < -0.3 is 10.5 Å². The van der Waals surface area contributed by atoms with E-state index in [0.29, 0.717) is 17.0 Å². The Bertz CT molecular complexity index is 383. The Morgan fingerprint density at radius 3 is 2.69 bits per heavy atom. The van der Waals surface area contributed by atoms with Crippen LogP contribution in [0.1, 0.15) is 24.2 Å². The maximum atomic E-state index is 11.7. The number of hydrogen-bond acceptors (Lipinski definition) is 3. The molecule has 2 N–H and O–H groups in total. The lowest BCUT2D eigenvalue weighted by Crippen LogP contribution is -2.32. The third kappa shape index (κ3) is 1.00. The van der Waals surface area contributed by atoms with Crippen molar-refractivity contribution in [2.75, 3.05) is 5.73 Å². The molecule has 0 aromatic heterocycles. The molecule has 0 bridgehead atoms. The van der Waals surface area contributed by atoms with E-state index in [-0.39, 0.29) is 5.78 Å². The second kappa shape index (κ2) is 2.25. The van der Waals surface area contributed by atoms with Gasteiger partial charge in [-0.25, -0.2) is 0 Å². The summed E-state index contributed by atoms with van der Waals surface area (Å²) in [5.41, 5.74) is 6.02. The van der Waals surface area contributed by atoms with E-state index in [4.69, 9.17) is 10.5 Å². The SMILES string of the molecule is CC1(C)Oc2c(N)cccc2C1=O. The van der Waals surface area contributed by atoms with Gasteiger partial charge >= 0.3 is 0 Å². The zero-order chi connectivity index (χ0) is 9.64. The minimum Gasteiger partial charge on any atom is -0.477 e. The lowest BCUT2D eigenvalue weighted by atomic mass is 10.00. The maximum absolute atomic E-state index is 11.7. The Hall–Kier alpha value is -1.51. The number of nitrogens with two attached hydrogens (primary N) is 1. The van der Waals surface area contributed by atoms with Gasteiger partial charge in [-0.1, -0.05) is 6.07 Å². The predicted octanol–water partition coefficient (Wildman–Crippen LogP) is 1.62. The monoisotopic (exact) mass is 177 g/mol. The molecule has 0 amide bonds. The van der Waals surface area contributed by atoms with Crippen molar-refractivity contribution in [2.24, 2.45) is 0 Å². The van der Waals surface area contributed by atoms with Crippen molar-refractivity contribution >= 4 is 11.5 Å². The van der Waals surface area contributed by atoms with E-state index in [0.717, 1.165) is 0 Å². The zero-order valence-corrected chi connectivity index (χ0v) is 7.63. The van der Waals surface area contributed by atoms with Crippen molar-refractivity contribution < 1.29 is 9.53 Å². The molecule has 0 saturated carbocycles. The standard InChI is InChI=1S/C10H11NO2/c1-10(2)9(12)6-4-3-5-7(11)8(6)13-10/h3-5H,11H2,1-2H3. The average Bonchev–Trinajstić information content (AvgIpc) is 2.28. The number of ketones is 1. The first-order valence-electron chi connectivity index (χ1n) is 4.15. The largest absolute Gasteiger partial charge is 0.477 e. The van der Waals surface area contributed by atoms with Gasteiger partial charge in [-0.3, -0.25) is 4.79 Å². The van der Waals surface area contributed by atoms with Gasteiger partial charge in [-0.15, -0.1) is 0 Å². The molecule has 0 spiro atoms. The molecular weight excluding hydrogens is 166 g/mol. The highest BCUT2D eigenvalue weighted by Gasteiger charge is 2.40. The molecule has 2 rings (SSSR count). The van der Waals surface area contributed by atoms with E-state index >= 15 is 0 Å². The summed E-state index contributed by atoms with van der Waals surface area (Å²) < 4.78 is 5.46. The molecule has 68 valence electrons. The summed E-state index contributed by atoms with van der Waals surface area (Å²) in [5, 5.41) is 0. The molecule has 0 aliphatic carbocycles. The van der Waals surface area contributed by atoms with Crippen LogP contribution in [0.4, 0.5) is 5.69 Å². The number of para-hydroxylation sites is 1. The molecule has 0 radical (unpaired) electrons. The summed E-state index contributed by atoms with van der Waals surface area (Å²) in [5.74, 6) is 0.521. The zero-order valence-electron chi connectivity index (χ0n) is 7.63. The smallest absolute Gasteiger partial charge is 0.209 e. The summed E-state index contributed by atoms with van der Waals surface area (Å²) in [4.78, 5) is 11.7. The van der Waals surface area contributed by atoms with Crippen LogP contribution >= 0.6 is 0 Å². The molecule has 1 aromatic rings. The minimum atomic E-state index is -0.766. The fraction of sp³-hybridized carbons (Fsp3) is 0.300. The number of benzene rings is 1. The van der Waals surface area contributed by atoms with E-state index < -0.39 is 5.60 Å². The van der Waals surface area contributed by atoms with Gasteiger partial charge in [0.1, 0.15) is 0 Å². The summed E-state index contributed by atoms with van der Waals surface area (Å²) in [6.07, 6.45) is 0. The number of fused-ring (bicyclic) bond motifs is 1. The topological polar surface area (TPSA) is 52.3 Å². The van der Waals surface area contributed by atoms with Crippen LogP contribution in [0.15, 0.2) is 18.2 Å². The second-order valence-corrected chi connectivity index (χ2v) is 3.67. The van der Waals surface area contributed by atoms with Crippen LogP contribution in [0.3, 0.4) is 0 Å². The van der Waals surface area contributed by atoms with Gasteiger partial charge in [0, 0.05) is 0 Å². The van der Waals surface area contributed by atoms with E-state index in [9.17, 15) is 4.79 Å². The van der Waals surface area contributed by atoms with E-state index in [2.05, 4.69) is 0 Å². The van der Waals surface area contributed by atoms with Crippen LogP contribution < -0.4 is 10.5 Å². The normalized spacial score (nSPS) is 18.2. The Balaban J connectivity index is 2.63. The lowest BCUT2D eigenvalue weighted by Gasteiger charge is -2.15. The summed E-state index contributed by atoms with van der Waals surface area (Å²) in [7, 11) is 0. The number of rotatable bonds is 0. The van der Waals surface area contributed by atoms with E-state index in [1.807, 2.05) is 0 Å². The highest BCUT2D eigenvalue weighted by Crippen LogP contribution is 2.38. The summed E-state index contributed by atoms with van der Waals surface area (Å²) in [6, 6.07) is 5.23. The van der Waals surface area contributed by atoms with Gasteiger partial charge in [0.25, 0.3) is 0 Å². The predicted molar refractivity (Wildman–Crippen MR) is 49.9 cm³/mol. The number of anilines is 1. The molecule has 1 aromatic carbocycles. The molecule has 1 aliphatic rings. The van der Waals surface area contributed by atoms with E-state index in [1.165, 1.54) is 0 Å². The molecule has 3 heteroatoms. The van der Waals surface area contributed by atoms with Gasteiger partial charge in [0.15, 0.2) is 11.4 Å². The second-order valence-electron chi connectivity index (χ2n) is 3.67. The number of carbonyl (C=O) groups excluding carboxylic acids is 1. The highest BCUT2D eigenvalue weighted by molar-refractivity contribution is 6.08. The van der Waals surface area contributed by atoms with Gasteiger partial charge in [0.05, 0.1) is 11.3 Å². The minimum absolute atomic E-state index is 0.00481. The maximum Gasteiger partial charge on any atom is 0.209 e. The van der Waals surface area contributed by atoms with Crippen LogP contribution in [0, 0.1) is 0 Å². The van der Waals surface area contributed by atoms with Crippen LogP contribution in [-0.2, 0) is 0 Å². The number of ether oxygens (including phenoxy) is 1. The average molecular weight is 177 g/mol. The first-order valence-corrected chi connectivity index (χ1v) is 4.15. The lowest BCUT2D eigenvalue weighted by molar-refractivity contribution is 0.0686. The number of hydrogen-bond donors (Lipinski definition) is 1. The first kappa shape index (κ1) is 8.10. The van der Waals surface area contributed by atoms with Crippen LogP contribution in [0.5, 0.6) is 5.75 Å².